The monoisotopic (exact) mass is 481 g/mol. The van der Waals surface area contributed by atoms with Crippen LogP contribution in [0.3, 0.4) is 0 Å². The van der Waals surface area contributed by atoms with E-state index in [-0.39, 0.29) is 0 Å². The second kappa shape index (κ2) is 7.84. The molecule has 0 atom stereocenters. The highest BCUT2D eigenvalue weighted by molar-refractivity contribution is 9.10. The van der Waals surface area contributed by atoms with Crippen molar-refractivity contribution in [3.8, 4) is 17.2 Å². The van der Waals surface area contributed by atoms with E-state index in [9.17, 15) is 0 Å². The number of nitrogens with zero attached hydrogens (tertiary/aromatic N) is 8. The molecule has 0 saturated carbocycles. The molecule has 5 rings (SSSR count). The van der Waals surface area contributed by atoms with E-state index >= 15 is 0 Å². The smallest absolute Gasteiger partial charge is 0.200 e. The van der Waals surface area contributed by atoms with Gasteiger partial charge >= 0.3 is 0 Å². The van der Waals surface area contributed by atoms with Crippen LogP contribution in [0, 0.1) is 4.77 Å². The maximum absolute atomic E-state index is 5.46. The summed E-state index contributed by atoms with van der Waals surface area (Å²) < 4.78 is 8.68. The molecule has 9 nitrogen and oxygen atoms in total. The Labute approximate surface area is 184 Å². The van der Waals surface area contributed by atoms with Crippen molar-refractivity contribution >= 4 is 28.1 Å². The fourth-order valence-corrected chi connectivity index (χ4v) is 3.72. The Balaban J connectivity index is 1.42. The third-order valence-electron chi connectivity index (χ3n) is 4.50. The van der Waals surface area contributed by atoms with Gasteiger partial charge in [0.2, 0.25) is 0 Å². The minimum absolute atomic E-state index is 0.481. The van der Waals surface area contributed by atoms with Gasteiger partial charge in [0.15, 0.2) is 10.6 Å². The average molecular weight is 482 g/mol. The van der Waals surface area contributed by atoms with Crippen molar-refractivity contribution in [3.05, 3.63) is 82.2 Å². The second-order valence-corrected chi connectivity index (χ2v) is 7.95. The van der Waals surface area contributed by atoms with E-state index in [4.69, 9.17) is 12.2 Å². The normalized spacial score (nSPS) is 11.2. The molecule has 0 radical (unpaired) electrons. The first-order chi connectivity index (χ1) is 14.7. The summed E-state index contributed by atoms with van der Waals surface area (Å²) in [5.74, 6) is 0.625. The lowest BCUT2D eigenvalue weighted by atomic mass is 10.2. The number of benzene rings is 1. The summed E-state index contributed by atoms with van der Waals surface area (Å²) in [5.41, 5.74) is 2.70. The Morgan fingerprint density at radius 3 is 2.60 bits per heavy atom. The van der Waals surface area contributed by atoms with Gasteiger partial charge < -0.3 is 0 Å². The SMILES string of the molecule is S=c1[nH]nc(-c2ccn(Cn3cc(Br)cn3)n2)n1-c1cnn(Cc2ccccc2)c1. The first kappa shape index (κ1) is 18.7. The van der Waals surface area contributed by atoms with Gasteiger partial charge in [0.1, 0.15) is 12.4 Å². The van der Waals surface area contributed by atoms with Gasteiger partial charge in [-0.1, -0.05) is 30.3 Å². The maximum Gasteiger partial charge on any atom is 0.200 e. The molecule has 0 amide bonds. The molecule has 11 heteroatoms. The summed E-state index contributed by atoms with van der Waals surface area (Å²) in [7, 11) is 0. The first-order valence-corrected chi connectivity index (χ1v) is 10.3. The number of hydrogen-bond acceptors (Lipinski definition) is 5. The standard InChI is InChI=1S/C19H16BrN9S/c20-15-8-21-28(11-15)13-26-7-6-17(25-26)18-23-24-19(30)29(18)16-9-22-27(12-16)10-14-4-2-1-3-5-14/h1-9,11-12H,10,13H2,(H,24,30). The van der Waals surface area contributed by atoms with Gasteiger partial charge in [0.05, 0.1) is 29.1 Å². The zero-order valence-corrected chi connectivity index (χ0v) is 18.0. The third-order valence-corrected chi connectivity index (χ3v) is 5.18. The summed E-state index contributed by atoms with van der Waals surface area (Å²) >= 11 is 8.86. The van der Waals surface area contributed by atoms with Gasteiger partial charge in [0.25, 0.3) is 0 Å². The highest BCUT2D eigenvalue weighted by Crippen LogP contribution is 2.20. The summed E-state index contributed by atoms with van der Waals surface area (Å²) in [6.45, 7) is 1.17. The molecule has 1 N–H and O–H groups in total. The minimum atomic E-state index is 0.481. The molecule has 0 aliphatic heterocycles. The van der Waals surface area contributed by atoms with E-state index in [0.29, 0.717) is 29.5 Å². The van der Waals surface area contributed by atoms with E-state index in [2.05, 4.69) is 53.6 Å². The molecule has 0 bridgehead atoms. The molecular formula is C19H16BrN9S. The number of aromatic nitrogens is 9. The van der Waals surface area contributed by atoms with Gasteiger partial charge in [-0.15, -0.1) is 0 Å². The summed E-state index contributed by atoms with van der Waals surface area (Å²) in [4.78, 5) is 0. The van der Waals surface area contributed by atoms with E-state index in [1.54, 1.807) is 21.8 Å². The van der Waals surface area contributed by atoms with Gasteiger partial charge in [-0.05, 0) is 39.8 Å². The lowest BCUT2D eigenvalue weighted by Gasteiger charge is -2.03. The Hall–Kier alpha value is -3.31. The fraction of sp³-hybridized carbons (Fsp3) is 0.105. The number of halogens is 1. The van der Waals surface area contributed by atoms with Crippen LogP contribution < -0.4 is 0 Å². The highest BCUT2D eigenvalue weighted by atomic mass is 79.9. The van der Waals surface area contributed by atoms with Crippen LogP contribution in [0.5, 0.6) is 0 Å². The van der Waals surface area contributed by atoms with Crippen molar-refractivity contribution < 1.29 is 0 Å². The summed E-state index contributed by atoms with van der Waals surface area (Å²) in [6, 6.07) is 12.1. The molecule has 4 aromatic heterocycles. The van der Waals surface area contributed by atoms with Crippen LogP contribution in [0.4, 0.5) is 0 Å². The van der Waals surface area contributed by atoms with Crippen molar-refractivity contribution in [3.63, 3.8) is 0 Å². The minimum Gasteiger partial charge on any atom is -0.266 e. The topological polar surface area (TPSA) is 87.1 Å². The van der Waals surface area contributed by atoms with Crippen LogP contribution in [0.1, 0.15) is 5.56 Å². The Morgan fingerprint density at radius 1 is 0.967 bits per heavy atom. The van der Waals surface area contributed by atoms with Gasteiger partial charge in [-0.25, -0.2) is 4.68 Å². The third kappa shape index (κ3) is 3.76. The molecule has 1 aromatic carbocycles. The molecule has 5 aromatic rings. The zero-order valence-electron chi connectivity index (χ0n) is 15.6. The van der Waals surface area contributed by atoms with Gasteiger partial charge in [0, 0.05) is 18.6 Å². The molecule has 0 spiro atoms. The van der Waals surface area contributed by atoms with E-state index in [1.807, 2.05) is 52.1 Å². The van der Waals surface area contributed by atoms with Crippen molar-refractivity contribution in [2.45, 2.75) is 13.2 Å². The predicted octanol–water partition coefficient (Wildman–Crippen LogP) is 3.50. The second-order valence-electron chi connectivity index (χ2n) is 6.65. The summed E-state index contributed by atoms with van der Waals surface area (Å²) in [5, 5.41) is 20.6. The predicted molar refractivity (Wildman–Crippen MR) is 117 cm³/mol. The lowest BCUT2D eigenvalue weighted by Crippen LogP contribution is -2.09. The molecule has 30 heavy (non-hydrogen) atoms. The fourth-order valence-electron chi connectivity index (χ4n) is 3.16. The summed E-state index contributed by atoms with van der Waals surface area (Å²) in [6.07, 6.45) is 9.23. The molecule has 0 unspecified atom stereocenters. The van der Waals surface area contributed by atoms with E-state index in [0.717, 1.165) is 10.2 Å². The average Bonchev–Trinajstić information content (AvgIpc) is 3.52. The van der Waals surface area contributed by atoms with Crippen LogP contribution in [0.2, 0.25) is 0 Å². The largest absolute Gasteiger partial charge is 0.266 e. The zero-order chi connectivity index (χ0) is 20.5. The highest BCUT2D eigenvalue weighted by Gasteiger charge is 2.15. The maximum atomic E-state index is 5.46. The van der Waals surface area contributed by atoms with Gasteiger partial charge in [-0.2, -0.15) is 20.4 Å². The molecule has 4 heterocycles. The molecule has 0 fully saturated rings. The van der Waals surface area contributed by atoms with Crippen molar-refractivity contribution in [1.29, 1.82) is 0 Å². The molecule has 150 valence electrons. The van der Waals surface area contributed by atoms with Crippen LogP contribution in [-0.2, 0) is 13.2 Å². The Morgan fingerprint density at radius 2 is 1.80 bits per heavy atom. The number of H-pyrrole nitrogens is 1. The number of hydrogen-bond donors (Lipinski definition) is 1. The van der Waals surface area contributed by atoms with Crippen molar-refractivity contribution in [2.24, 2.45) is 0 Å². The van der Waals surface area contributed by atoms with E-state index < -0.39 is 0 Å². The van der Waals surface area contributed by atoms with Gasteiger partial charge in [-0.3, -0.25) is 19.0 Å². The quantitative estimate of drug-likeness (QED) is 0.375. The lowest BCUT2D eigenvalue weighted by molar-refractivity contribution is 0.503. The number of aromatic amines is 1. The molecular weight excluding hydrogens is 466 g/mol. The van der Waals surface area contributed by atoms with E-state index in [1.165, 1.54) is 5.56 Å². The molecule has 0 saturated heterocycles. The number of rotatable bonds is 6. The van der Waals surface area contributed by atoms with Crippen LogP contribution in [0.25, 0.3) is 17.2 Å². The molecule has 0 aliphatic rings. The molecule has 0 aliphatic carbocycles. The van der Waals surface area contributed by atoms with Crippen LogP contribution >= 0.6 is 28.1 Å². The van der Waals surface area contributed by atoms with Crippen LogP contribution in [0.15, 0.2) is 71.9 Å². The Bertz CT molecular complexity index is 1340. The van der Waals surface area contributed by atoms with Crippen LogP contribution in [-0.4, -0.2) is 44.1 Å². The van der Waals surface area contributed by atoms with Crippen molar-refractivity contribution in [1.82, 2.24) is 44.1 Å². The Kier molecular flexibility index (Phi) is 4.89. The van der Waals surface area contributed by atoms with Crippen molar-refractivity contribution in [2.75, 3.05) is 0 Å². The first-order valence-electron chi connectivity index (χ1n) is 9.12. The number of nitrogens with one attached hydrogen (secondary N) is 1.